The lowest BCUT2D eigenvalue weighted by Gasteiger charge is -2.21. The summed E-state index contributed by atoms with van der Waals surface area (Å²) in [5.74, 6) is 1.06. The number of anilines is 2. The molecule has 1 fully saturated rings. The number of carboxylic acids is 1. The van der Waals surface area contributed by atoms with Crippen molar-refractivity contribution in [2.45, 2.75) is 45.1 Å². The molecule has 4 aromatic rings. The van der Waals surface area contributed by atoms with E-state index in [1.165, 1.54) is 0 Å². The number of rotatable bonds is 8. The number of nitrogens with zero attached hydrogens (tertiary/aromatic N) is 3. The van der Waals surface area contributed by atoms with Crippen LogP contribution < -0.4 is 10.1 Å². The number of pyridine rings is 1. The third-order valence-corrected chi connectivity index (χ3v) is 6.23. The molecule has 0 bridgehead atoms. The lowest BCUT2D eigenvalue weighted by Crippen LogP contribution is -2.28. The molecule has 1 aliphatic carbocycles. The van der Waals surface area contributed by atoms with Gasteiger partial charge in [0.2, 0.25) is 0 Å². The van der Waals surface area contributed by atoms with Crippen molar-refractivity contribution in [1.29, 1.82) is 0 Å². The first kappa shape index (κ1) is 22.7. The van der Waals surface area contributed by atoms with E-state index in [2.05, 4.69) is 10.3 Å². The molecule has 0 saturated heterocycles. The topological polar surface area (TPSA) is 89.3 Å². The van der Waals surface area contributed by atoms with Crippen molar-refractivity contribution in [2.24, 2.45) is 0 Å². The first-order valence-electron chi connectivity index (χ1n) is 11.7. The molecule has 0 amide bonds. The van der Waals surface area contributed by atoms with E-state index in [0.29, 0.717) is 23.4 Å². The maximum atomic E-state index is 11.7. The predicted molar refractivity (Wildman–Crippen MR) is 135 cm³/mol. The fourth-order valence-electron chi connectivity index (χ4n) is 3.93. The standard InChI is InChI=1S/C28H28N4O3/c1-18-13-20(28(2,3)27(33)34)15-21(14-18)30-25-16-23(11-12-29-25)35-24-17-32(22-9-10-22)31-26(24)19-7-5-4-6-8-19/h4-8,11-17,22H,9-10H2,1-3H3,(H,29,30)(H,33,34). The summed E-state index contributed by atoms with van der Waals surface area (Å²) >= 11 is 0. The Balaban J connectivity index is 1.41. The second-order valence-corrected chi connectivity index (χ2v) is 9.54. The van der Waals surface area contributed by atoms with Gasteiger partial charge in [0.1, 0.15) is 17.3 Å². The van der Waals surface area contributed by atoms with Gasteiger partial charge in [-0.1, -0.05) is 36.4 Å². The Kier molecular flexibility index (Phi) is 5.76. The van der Waals surface area contributed by atoms with Crippen LogP contribution >= 0.6 is 0 Å². The van der Waals surface area contributed by atoms with E-state index >= 15 is 0 Å². The molecule has 1 saturated carbocycles. The van der Waals surface area contributed by atoms with Crippen LogP contribution in [0.25, 0.3) is 11.3 Å². The molecule has 2 heterocycles. The molecule has 5 rings (SSSR count). The summed E-state index contributed by atoms with van der Waals surface area (Å²) in [6.45, 7) is 5.35. The van der Waals surface area contributed by atoms with Gasteiger partial charge in [-0.05, 0) is 62.9 Å². The molecule has 7 heteroatoms. The monoisotopic (exact) mass is 468 g/mol. The van der Waals surface area contributed by atoms with Crippen molar-refractivity contribution in [2.75, 3.05) is 5.32 Å². The lowest BCUT2D eigenvalue weighted by atomic mass is 9.84. The molecule has 2 aromatic carbocycles. The summed E-state index contributed by atoms with van der Waals surface area (Å²) in [7, 11) is 0. The Bertz CT molecular complexity index is 1370. The van der Waals surface area contributed by atoms with Gasteiger partial charge in [0.05, 0.1) is 17.7 Å². The van der Waals surface area contributed by atoms with Gasteiger partial charge in [-0.2, -0.15) is 5.10 Å². The molecule has 0 radical (unpaired) electrons. The van der Waals surface area contributed by atoms with Crippen LogP contribution in [0.15, 0.2) is 73.1 Å². The fraction of sp³-hybridized carbons (Fsp3) is 0.250. The van der Waals surface area contributed by atoms with Crippen LogP contribution in [0.1, 0.15) is 43.9 Å². The number of aromatic nitrogens is 3. The van der Waals surface area contributed by atoms with Crippen molar-refractivity contribution in [3.8, 4) is 22.8 Å². The van der Waals surface area contributed by atoms with Crippen molar-refractivity contribution in [3.63, 3.8) is 0 Å². The third-order valence-electron chi connectivity index (χ3n) is 6.23. The van der Waals surface area contributed by atoms with E-state index in [9.17, 15) is 9.90 Å². The Hall–Kier alpha value is -4.13. The number of benzene rings is 2. The highest BCUT2D eigenvalue weighted by Crippen LogP contribution is 2.40. The molecule has 1 aliphatic rings. The zero-order chi connectivity index (χ0) is 24.6. The molecule has 0 atom stereocenters. The predicted octanol–water partition coefficient (Wildman–Crippen LogP) is 6.49. The minimum atomic E-state index is -1.00. The second-order valence-electron chi connectivity index (χ2n) is 9.54. The van der Waals surface area contributed by atoms with Crippen LogP contribution in [0.5, 0.6) is 11.5 Å². The zero-order valence-electron chi connectivity index (χ0n) is 20.0. The maximum absolute atomic E-state index is 11.7. The molecule has 2 aromatic heterocycles. The van der Waals surface area contributed by atoms with Gasteiger partial charge in [0.15, 0.2) is 5.75 Å². The largest absolute Gasteiger partial charge is 0.481 e. The van der Waals surface area contributed by atoms with Crippen molar-refractivity contribution in [1.82, 2.24) is 14.8 Å². The number of aliphatic carboxylic acids is 1. The van der Waals surface area contributed by atoms with E-state index in [0.717, 1.165) is 40.9 Å². The van der Waals surface area contributed by atoms with E-state index in [4.69, 9.17) is 9.84 Å². The Morgan fingerprint density at radius 1 is 1.11 bits per heavy atom. The highest BCUT2D eigenvalue weighted by molar-refractivity contribution is 5.81. The first-order valence-corrected chi connectivity index (χ1v) is 11.7. The number of carbonyl (C=O) groups is 1. The number of hydrogen-bond donors (Lipinski definition) is 2. The smallest absolute Gasteiger partial charge is 0.313 e. The van der Waals surface area contributed by atoms with Gasteiger partial charge < -0.3 is 15.2 Å². The van der Waals surface area contributed by atoms with Crippen molar-refractivity contribution < 1.29 is 14.6 Å². The van der Waals surface area contributed by atoms with Crippen LogP contribution in [0.2, 0.25) is 0 Å². The molecule has 0 spiro atoms. The van der Waals surface area contributed by atoms with Gasteiger partial charge in [-0.25, -0.2) is 4.98 Å². The molecular weight excluding hydrogens is 440 g/mol. The molecule has 0 aliphatic heterocycles. The average Bonchev–Trinajstić information content (AvgIpc) is 3.60. The van der Waals surface area contributed by atoms with Gasteiger partial charge >= 0.3 is 5.97 Å². The first-order chi connectivity index (χ1) is 16.8. The SMILES string of the molecule is Cc1cc(Nc2cc(Oc3cn(C4CC4)nc3-c3ccccc3)ccn2)cc(C(C)(C)C(=O)O)c1. The Labute approximate surface area is 204 Å². The molecular formula is C28H28N4O3. The average molecular weight is 469 g/mol. The molecule has 35 heavy (non-hydrogen) atoms. The van der Waals surface area contributed by atoms with Gasteiger partial charge in [0, 0.05) is 23.5 Å². The summed E-state index contributed by atoms with van der Waals surface area (Å²) in [5, 5.41) is 17.7. The van der Waals surface area contributed by atoms with Gasteiger partial charge in [0.25, 0.3) is 0 Å². The molecule has 2 N–H and O–H groups in total. The second kappa shape index (κ2) is 8.91. The van der Waals surface area contributed by atoms with Crippen LogP contribution in [0.3, 0.4) is 0 Å². The van der Waals surface area contributed by atoms with Crippen molar-refractivity contribution in [3.05, 3.63) is 84.2 Å². The summed E-state index contributed by atoms with van der Waals surface area (Å²) in [6.07, 6.45) is 5.92. The van der Waals surface area contributed by atoms with E-state index in [1.807, 2.05) is 78.5 Å². The van der Waals surface area contributed by atoms with E-state index in [-0.39, 0.29) is 0 Å². The fourth-order valence-corrected chi connectivity index (χ4v) is 3.93. The summed E-state index contributed by atoms with van der Waals surface area (Å²) in [5.41, 5.74) is 3.26. The normalized spacial score (nSPS) is 13.5. The summed E-state index contributed by atoms with van der Waals surface area (Å²) < 4.78 is 8.29. The lowest BCUT2D eigenvalue weighted by molar-refractivity contribution is -0.142. The van der Waals surface area contributed by atoms with E-state index < -0.39 is 11.4 Å². The summed E-state index contributed by atoms with van der Waals surface area (Å²) in [4.78, 5) is 16.2. The molecule has 178 valence electrons. The minimum Gasteiger partial charge on any atom is -0.481 e. The minimum absolute atomic E-state index is 0.440. The molecule has 0 unspecified atom stereocenters. The van der Waals surface area contributed by atoms with Gasteiger partial charge in [-0.15, -0.1) is 0 Å². The number of carboxylic acid groups (broad SMARTS) is 1. The van der Waals surface area contributed by atoms with Crippen LogP contribution in [0, 0.1) is 6.92 Å². The van der Waals surface area contributed by atoms with Crippen LogP contribution in [0.4, 0.5) is 11.5 Å². The summed E-state index contributed by atoms with van der Waals surface area (Å²) in [6, 6.07) is 19.8. The number of aryl methyl sites for hydroxylation is 1. The Morgan fingerprint density at radius 2 is 1.89 bits per heavy atom. The number of hydrogen-bond acceptors (Lipinski definition) is 5. The van der Waals surface area contributed by atoms with Gasteiger partial charge in [-0.3, -0.25) is 9.48 Å². The quantitative estimate of drug-likeness (QED) is 0.307. The highest BCUT2D eigenvalue weighted by atomic mass is 16.5. The van der Waals surface area contributed by atoms with Crippen LogP contribution in [-0.4, -0.2) is 25.8 Å². The Morgan fingerprint density at radius 3 is 2.60 bits per heavy atom. The van der Waals surface area contributed by atoms with E-state index in [1.54, 1.807) is 20.0 Å². The van der Waals surface area contributed by atoms with Crippen LogP contribution in [-0.2, 0) is 10.2 Å². The zero-order valence-corrected chi connectivity index (χ0v) is 20.0. The maximum Gasteiger partial charge on any atom is 0.313 e. The van der Waals surface area contributed by atoms with Crippen molar-refractivity contribution >= 4 is 17.5 Å². The number of ether oxygens (including phenoxy) is 1. The molecule has 7 nitrogen and oxygen atoms in total. The number of nitrogens with one attached hydrogen (secondary N) is 1. The third kappa shape index (κ3) is 4.89. The highest BCUT2D eigenvalue weighted by Gasteiger charge is 2.30.